The molecule has 94 valence electrons. The van der Waals surface area contributed by atoms with Crippen molar-refractivity contribution in [3.8, 4) is 11.5 Å². The van der Waals surface area contributed by atoms with E-state index in [0.29, 0.717) is 0 Å². The molecular formula is C11H11F3O3. The van der Waals surface area contributed by atoms with E-state index in [2.05, 4.69) is 0 Å². The molecule has 1 rings (SSSR count). The Balaban J connectivity index is 3.15. The number of halogens is 3. The summed E-state index contributed by atoms with van der Waals surface area (Å²) in [7, 11) is 1.30. The minimum Gasteiger partial charge on any atom is -0.497 e. The highest BCUT2D eigenvalue weighted by Crippen LogP contribution is 2.28. The molecule has 1 aromatic rings. The predicted octanol–water partition coefficient (Wildman–Crippen LogP) is 2.84. The number of carbonyl (C=O) groups is 1. The molecule has 0 aliphatic rings. The van der Waals surface area contributed by atoms with Crippen molar-refractivity contribution in [1.29, 1.82) is 0 Å². The number of ketones is 1. The van der Waals surface area contributed by atoms with Crippen LogP contribution in [0.3, 0.4) is 0 Å². The molecule has 0 unspecified atom stereocenters. The van der Waals surface area contributed by atoms with Crippen molar-refractivity contribution in [3.05, 3.63) is 23.8 Å². The number of methoxy groups -OCH3 is 1. The first-order valence-electron chi connectivity index (χ1n) is 4.82. The Morgan fingerprint density at radius 3 is 2.29 bits per heavy atom. The van der Waals surface area contributed by atoms with E-state index in [-0.39, 0.29) is 18.1 Å². The van der Waals surface area contributed by atoms with Gasteiger partial charge in [-0.25, -0.2) is 0 Å². The first kappa shape index (κ1) is 13.3. The van der Waals surface area contributed by atoms with Crippen LogP contribution < -0.4 is 9.47 Å². The summed E-state index contributed by atoms with van der Waals surface area (Å²) in [6.07, 6.45) is -4.91. The van der Waals surface area contributed by atoms with Gasteiger partial charge in [0.2, 0.25) is 0 Å². The van der Waals surface area contributed by atoms with Crippen LogP contribution in [-0.4, -0.2) is 25.7 Å². The molecule has 0 heterocycles. The highest BCUT2D eigenvalue weighted by atomic mass is 19.4. The van der Waals surface area contributed by atoms with Crippen LogP contribution in [-0.2, 0) is 0 Å². The summed E-state index contributed by atoms with van der Waals surface area (Å²) < 4.78 is 46.6. The monoisotopic (exact) mass is 248 g/mol. The van der Waals surface area contributed by atoms with Gasteiger partial charge in [0.25, 0.3) is 5.78 Å². The van der Waals surface area contributed by atoms with Gasteiger partial charge in [-0.15, -0.1) is 0 Å². The van der Waals surface area contributed by atoms with E-state index in [1.165, 1.54) is 13.2 Å². The van der Waals surface area contributed by atoms with Crippen LogP contribution in [0, 0.1) is 0 Å². The fourth-order valence-electron chi connectivity index (χ4n) is 1.23. The molecule has 0 atom stereocenters. The Morgan fingerprint density at radius 2 is 1.82 bits per heavy atom. The van der Waals surface area contributed by atoms with Gasteiger partial charge in [-0.05, 0) is 19.1 Å². The Morgan fingerprint density at radius 1 is 1.24 bits per heavy atom. The predicted molar refractivity (Wildman–Crippen MR) is 54.5 cm³/mol. The first-order valence-corrected chi connectivity index (χ1v) is 4.82. The lowest BCUT2D eigenvalue weighted by molar-refractivity contribution is -0.0885. The molecule has 0 aliphatic carbocycles. The topological polar surface area (TPSA) is 35.5 Å². The standard InChI is InChI=1S/C11H11F3O3/c1-3-17-9-5-7(4-8(6-9)16-2)10(15)11(12,13)14/h4-6H,3H2,1-2H3. The number of benzene rings is 1. The summed E-state index contributed by atoms with van der Waals surface area (Å²) in [4.78, 5) is 11.1. The number of Topliss-reactive ketones (excluding diaryl/α,β-unsaturated/α-hetero) is 1. The Labute approximate surface area is 96.1 Å². The van der Waals surface area contributed by atoms with Crippen LogP contribution in [0.5, 0.6) is 11.5 Å². The molecule has 3 nitrogen and oxygen atoms in total. The van der Waals surface area contributed by atoms with Crippen LogP contribution in [0.25, 0.3) is 0 Å². The van der Waals surface area contributed by atoms with Crippen molar-refractivity contribution in [2.45, 2.75) is 13.1 Å². The van der Waals surface area contributed by atoms with Crippen molar-refractivity contribution in [2.75, 3.05) is 13.7 Å². The van der Waals surface area contributed by atoms with E-state index in [4.69, 9.17) is 9.47 Å². The molecule has 0 aromatic heterocycles. The van der Waals surface area contributed by atoms with Crippen LogP contribution in [0.15, 0.2) is 18.2 Å². The van der Waals surface area contributed by atoms with Gasteiger partial charge in [0, 0.05) is 11.6 Å². The smallest absolute Gasteiger partial charge is 0.454 e. The van der Waals surface area contributed by atoms with E-state index >= 15 is 0 Å². The molecule has 0 radical (unpaired) electrons. The third kappa shape index (κ3) is 3.37. The lowest BCUT2D eigenvalue weighted by atomic mass is 10.1. The fourth-order valence-corrected chi connectivity index (χ4v) is 1.23. The highest BCUT2D eigenvalue weighted by Gasteiger charge is 2.39. The van der Waals surface area contributed by atoms with Crippen LogP contribution in [0.4, 0.5) is 13.2 Å². The van der Waals surface area contributed by atoms with E-state index in [1.807, 2.05) is 0 Å². The van der Waals surface area contributed by atoms with Gasteiger partial charge >= 0.3 is 6.18 Å². The third-order valence-corrected chi connectivity index (χ3v) is 1.95. The molecule has 0 saturated carbocycles. The SMILES string of the molecule is CCOc1cc(OC)cc(C(=O)C(F)(F)F)c1. The number of carbonyl (C=O) groups excluding carboxylic acids is 1. The maximum absolute atomic E-state index is 12.3. The largest absolute Gasteiger partial charge is 0.497 e. The number of rotatable bonds is 4. The molecule has 0 bridgehead atoms. The maximum Gasteiger partial charge on any atom is 0.454 e. The van der Waals surface area contributed by atoms with Crippen LogP contribution in [0.2, 0.25) is 0 Å². The van der Waals surface area contributed by atoms with Crippen molar-refractivity contribution < 1.29 is 27.4 Å². The second-order valence-corrected chi connectivity index (χ2v) is 3.16. The van der Waals surface area contributed by atoms with Gasteiger partial charge < -0.3 is 9.47 Å². The average molecular weight is 248 g/mol. The van der Waals surface area contributed by atoms with Gasteiger partial charge in [0.05, 0.1) is 13.7 Å². The van der Waals surface area contributed by atoms with Crippen LogP contribution in [0.1, 0.15) is 17.3 Å². The summed E-state index contributed by atoms with van der Waals surface area (Å²) in [5, 5.41) is 0. The van der Waals surface area contributed by atoms with E-state index in [9.17, 15) is 18.0 Å². The maximum atomic E-state index is 12.3. The second kappa shape index (κ2) is 5.07. The van der Waals surface area contributed by atoms with Gasteiger partial charge in [-0.3, -0.25) is 4.79 Å². The molecule has 0 aliphatic heterocycles. The Hall–Kier alpha value is -1.72. The Kier molecular flexibility index (Phi) is 3.98. The van der Waals surface area contributed by atoms with E-state index < -0.39 is 17.5 Å². The molecule has 17 heavy (non-hydrogen) atoms. The zero-order valence-electron chi connectivity index (χ0n) is 9.30. The van der Waals surface area contributed by atoms with Crippen molar-refractivity contribution in [1.82, 2.24) is 0 Å². The molecular weight excluding hydrogens is 237 g/mol. The molecule has 0 spiro atoms. The summed E-state index contributed by atoms with van der Waals surface area (Å²) in [6.45, 7) is 1.97. The van der Waals surface area contributed by atoms with Gasteiger partial charge in [-0.1, -0.05) is 0 Å². The molecule has 0 saturated heterocycles. The van der Waals surface area contributed by atoms with E-state index in [1.54, 1.807) is 6.92 Å². The van der Waals surface area contributed by atoms with Gasteiger partial charge in [0.15, 0.2) is 0 Å². The Bertz CT molecular complexity index is 413. The van der Waals surface area contributed by atoms with Gasteiger partial charge in [-0.2, -0.15) is 13.2 Å². The zero-order valence-corrected chi connectivity index (χ0v) is 9.30. The summed E-state index contributed by atoms with van der Waals surface area (Å²) in [5.74, 6) is -1.61. The van der Waals surface area contributed by atoms with Crippen molar-refractivity contribution in [3.63, 3.8) is 0 Å². The minimum atomic E-state index is -4.91. The number of ether oxygens (including phenoxy) is 2. The molecule has 6 heteroatoms. The summed E-state index contributed by atoms with van der Waals surface area (Å²) in [5.41, 5.74) is -0.500. The second-order valence-electron chi connectivity index (χ2n) is 3.16. The van der Waals surface area contributed by atoms with Crippen molar-refractivity contribution in [2.24, 2.45) is 0 Å². The number of hydrogen-bond acceptors (Lipinski definition) is 3. The van der Waals surface area contributed by atoms with E-state index in [0.717, 1.165) is 12.1 Å². The first-order chi connectivity index (χ1) is 7.88. The zero-order chi connectivity index (χ0) is 13.1. The third-order valence-electron chi connectivity index (χ3n) is 1.95. The quantitative estimate of drug-likeness (QED) is 0.768. The lowest BCUT2D eigenvalue weighted by Crippen LogP contribution is -2.22. The highest BCUT2D eigenvalue weighted by molar-refractivity contribution is 6.00. The fraction of sp³-hybridized carbons (Fsp3) is 0.364. The summed E-state index contributed by atoms with van der Waals surface area (Å²) >= 11 is 0. The van der Waals surface area contributed by atoms with Crippen LogP contribution >= 0.6 is 0 Å². The normalized spacial score (nSPS) is 11.1. The molecule has 1 aromatic carbocycles. The number of hydrogen-bond donors (Lipinski definition) is 0. The minimum absolute atomic E-state index is 0.142. The molecule has 0 fully saturated rings. The molecule has 0 N–H and O–H groups in total. The number of alkyl halides is 3. The van der Waals surface area contributed by atoms with Gasteiger partial charge in [0.1, 0.15) is 11.5 Å². The lowest BCUT2D eigenvalue weighted by Gasteiger charge is -2.10. The molecule has 0 amide bonds. The van der Waals surface area contributed by atoms with Crippen molar-refractivity contribution >= 4 is 5.78 Å². The summed E-state index contributed by atoms with van der Waals surface area (Å²) in [6, 6.07) is 3.48. The average Bonchev–Trinajstić information content (AvgIpc) is 2.26.